The molecule has 0 aliphatic heterocycles. The van der Waals surface area contributed by atoms with Crippen LogP contribution in [0.4, 0.5) is 11.4 Å². The monoisotopic (exact) mass is 173 g/mol. The van der Waals surface area contributed by atoms with Gasteiger partial charge in [0, 0.05) is 5.39 Å². The second-order valence-electron chi connectivity index (χ2n) is 3.15. The Morgan fingerprint density at radius 3 is 2.77 bits per heavy atom. The first-order valence-electron chi connectivity index (χ1n) is 4.09. The van der Waals surface area contributed by atoms with Gasteiger partial charge in [0.25, 0.3) is 0 Å². The first-order valence-corrected chi connectivity index (χ1v) is 4.09. The fraction of sp³-hybridized carbons (Fsp3) is 0.100. The minimum absolute atomic E-state index is 0.540. The molecule has 0 saturated heterocycles. The van der Waals surface area contributed by atoms with E-state index in [1.54, 1.807) is 6.20 Å². The minimum atomic E-state index is 0.540. The molecular weight excluding hydrogens is 162 g/mol. The number of aromatic nitrogens is 1. The van der Waals surface area contributed by atoms with Crippen LogP contribution in [0, 0.1) is 6.92 Å². The molecule has 0 amide bonds. The maximum atomic E-state index is 5.82. The summed E-state index contributed by atoms with van der Waals surface area (Å²) in [6.07, 6.45) is 1.59. The molecular formula is C10H11N3. The summed E-state index contributed by atoms with van der Waals surface area (Å²) in [5.74, 6) is 0. The molecule has 4 N–H and O–H groups in total. The van der Waals surface area contributed by atoms with Gasteiger partial charge in [-0.3, -0.25) is 4.98 Å². The molecule has 0 aliphatic rings. The van der Waals surface area contributed by atoms with E-state index in [1.165, 1.54) is 0 Å². The van der Waals surface area contributed by atoms with Gasteiger partial charge in [-0.2, -0.15) is 0 Å². The highest BCUT2D eigenvalue weighted by Crippen LogP contribution is 2.24. The SMILES string of the molecule is Cc1ccc2ncc(N)c(N)c2c1. The molecule has 0 saturated carbocycles. The van der Waals surface area contributed by atoms with Gasteiger partial charge >= 0.3 is 0 Å². The number of benzene rings is 1. The number of nitrogens with two attached hydrogens (primary N) is 2. The third-order valence-corrected chi connectivity index (χ3v) is 2.10. The molecule has 66 valence electrons. The predicted molar refractivity (Wildman–Crippen MR) is 55.3 cm³/mol. The number of hydrogen-bond donors (Lipinski definition) is 2. The van der Waals surface area contributed by atoms with Crippen molar-refractivity contribution in [2.45, 2.75) is 6.92 Å². The van der Waals surface area contributed by atoms with E-state index in [4.69, 9.17) is 11.5 Å². The largest absolute Gasteiger partial charge is 0.396 e. The summed E-state index contributed by atoms with van der Waals surface area (Å²) in [5, 5.41) is 0.931. The first kappa shape index (κ1) is 7.86. The van der Waals surface area contributed by atoms with E-state index in [1.807, 2.05) is 25.1 Å². The van der Waals surface area contributed by atoms with Crippen molar-refractivity contribution in [3.8, 4) is 0 Å². The van der Waals surface area contributed by atoms with Crippen molar-refractivity contribution in [2.24, 2.45) is 0 Å². The topological polar surface area (TPSA) is 64.9 Å². The molecule has 2 aromatic rings. The van der Waals surface area contributed by atoms with Crippen LogP contribution in [0.1, 0.15) is 5.56 Å². The smallest absolute Gasteiger partial charge is 0.0740 e. The zero-order valence-corrected chi connectivity index (χ0v) is 7.41. The quantitative estimate of drug-likeness (QED) is 0.637. The summed E-state index contributed by atoms with van der Waals surface area (Å²) in [4.78, 5) is 4.18. The Balaban J connectivity index is 2.89. The van der Waals surface area contributed by atoms with Crippen molar-refractivity contribution < 1.29 is 0 Å². The zero-order chi connectivity index (χ0) is 9.42. The van der Waals surface area contributed by atoms with Gasteiger partial charge in [-0.05, 0) is 19.1 Å². The third kappa shape index (κ3) is 1.18. The van der Waals surface area contributed by atoms with Crippen LogP contribution in [0.15, 0.2) is 24.4 Å². The van der Waals surface area contributed by atoms with Gasteiger partial charge < -0.3 is 11.5 Å². The number of rotatable bonds is 0. The fourth-order valence-electron chi connectivity index (χ4n) is 1.34. The van der Waals surface area contributed by atoms with E-state index >= 15 is 0 Å². The van der Waals surface area contributed by atoms with Crippen molar-refractivity contribution in [1.82, 2.24) is 4.98 Å². The van der Waals surface area contributed by atoms with Gasteiger partial charge in [-0.25, -0.2) is 0 Å². The maximum Gasteiger partial charge on any atom is 0.0740 e. The van der Waals surface area contributed by atoms with Gasteiger partial charge in [0.15, 0.2) is 0 Å². The van der Waals surface area contributed by atoms with Crippen molar-refractivity contribution in [2.75, 3.05) is 11.5 Å². The Bertz CT molecular complexity index is 458. The Kier molecular flexibility index (Phi) is 1.59. The molecule has 13 heavy (non-hydrogen) atoms. The van der Waals surface area contributed by atoms with E-state index in [2.05, 4.69) is 4.98 Å². The molecule has 0 radical (unpaired) electrons. The Labute approximate surface area is 76.4 Å². The van der Waals surface area contributed by atoms with Crippen LogP contribution in [0.2, 0.25) is 0 Å². The molecule has 0 aliphatic carbocycles. The van der Waals surface area contributed by atoms with Crippen molar-refractivity contribution in [1.29, 1.82) is 0 Å². The fourth-order valence-corrected chi connectivity index (χ4v) is 1.34. The van der Waals surface area contributed by atoms with Crippen molar-refractivity contribution >= 4 is 22.3 Å². The molecule has 0 bridgehead atoms. The Hall–Kier alpha value is -1.77. The summed E-state index contributed by atoms with van der Waals surface area (Å²) in [5.41, 5.74) is 14.7. The summed E-state index contributed by atoms with van der Waals surface area (Å²) in [6.45, 7) is 2.02. The molecule has 1 aromatic carbocycles. The number of anilines is 2. The molecule has 0 atom stereocenters. The standard InChI is InChI=1S/C10H11N3/c1-6-2-3-9-7(4-6)10(12)8(11)5-13-9/h2-5H,11H2,1H3,(H2,12,13). The summed E-state index contributed by atoms with van der Waals surface area (Å²) >= 11 is 0. The third-order valence-electron chi connectivity index (χ3n) is 2.10. The molecule has 3 heteroatoms. The minimum Gasteiger partial charge on any atom is -0.396 e. The number of pyridine rings is 1. The van der Waals surface area contributed by atoms with Gasteiger partial charge in [0.2, 0.25) is 0 Å². The lowest BCUT2D eigenvalue weighted by molar-refractivity contribution is 1.40. The van der Waals surface area contributed by atoms with E-state index in [-0.39, 0.29) is 0 Å². The molecule has 2 rings (SSSR count). The van der Waals surface area contributed by atoms with Crippen LogP contribution < -0.4 is 11.5 Å². The molecule has 0 spiro atoms. The Morgan fingerprint density at radius 2 is 2.00 bits per heavy atom. The lowest BCUT2D eigenvalue weighted by Gasteiger charge is -2.04. The molecule has 0 fully saturated rings. The van der Waals surface area contributed by atoms with Gasteiger partial charge in [-0.1, -0.05) is 11.6 Å². The highest BCUT2D eigenvalue weighted by Gasteiger charge is 2.02. The van der Waals surface area contributed by atoms with Crippen LogP contribution in [-0.4, -0.2) is 4.98 Å². The number of aryl methyl sites for hydroxylation is 1. The summed E-state index contributed by atoms with van der Waals surface area (Å²) < 4.78 is 0. The molecule has 3 nitrogen and oxygen atoms in total. The highest BCUT2D eigenvalue weighted by molar-refractivity contribution is 5.95. The van der Waals surface area contributed by atoms with Crippen LogP contribution in [0.25, 0.3) is 10.9 Å². The van der Waals surface area contributed by atoms with Crippen LogP contribution in [0.5, 0.6) is 0 Å². The number of nitrogen functional groups attached to an aromatic ring is 2. The maximum absolute atomic E-state index is 5.82. The summed E-state index contributed by atoms with van der Waals surface area (Å²) in [7, 11) is 0. The lowest BCUT2D eigenvalue weighted by atomic mass is 10.1. The first-order chi connectivity index (χ1) is 6.18. The highest BCUT2D eigenvalue weighted by atomic mass is 14.8. The van der Waals surface area contributed by atoms with Crippen LogP contribution >= 0.6 is 0 Å². The Morgan fingerprint density at radius 1 is 1.23 bits per heavy atom. The number of nitrogens with zero attached hydrogens (tertiary/aromatic N) is 1. The zero-order valence-electron chi connectivity index (χ0n) is 7.41. The second kappa shape index (κ2) is 2.62. The average molecular weight is 173 g/mol. The molecule has 0 unspecified atom stereocenters. The van der Waals surface area contributed by atoms with E-state index in [0.717, 1.165) is 16.5 Å². The average Bonchev–Trinajstić information content (AvgIpc) is 2.12. The number of fused-ring (bicyclic) bond motifs is 1. The van der Waals surface area contributed by atoms with Gasteiger partial charge in [-0.15, -0.1) is 0 Å². The van der Waals surface area contributed by atoms with Crippen LogP contribution in [-0.2, 0) is 0 Å². The predicted octanol–water partition coefficient (Wildman–Crippen LogP) is 1.71. The van der Waals surface area contributed by atoms with E-state index in [9.17, 15) is 0 Å². The normalized spacial score (nSPS) is 10.5. The second-order valence-corrected chi connectivity index (χ2v) is 3.15. The van der Waals surface area contributed by atoms with Gasteiger partial charge in [0.1, 0.15) is 0 Å². The van der Waals surface area contributed by atoms with Gasteiger partial charge in [0.05, 0.1) is 23.1 Å². The van der Waals surface area contributed by atoms with E-state index < -0.39 is 0 Å². The molecule has 1 aromatic heterocycles. The van der Waals surface area contributed by atoms with Crippen LogP contribution in [0.3, 0.4) is 0 Å². The van der Waals surface area contributed by atoms with Crippen molar-refractivity contribution in [3.63, 3.8) is 0 Å². The number of hydrogen-bond acceptors (Lipinski definition) is 3. The van der Waals surface area contributed by atoms with Crippen molar-refractivity contribution in [3.05, 3.63) is 30.0 Å². The summed E-state index contributed by atoms with van der Waals surface area (Å²) in [6, 6.07) is 5.94. The lowest BCUT2D eigenvalue weighted by Crippen LogP contribution is -1.97. The van der Waals surface area contributed by atoms with E-state index in [0.29, 0.717) is 11.4 Å². The molecule has 1 heterocycles.